The van der Waals surface area contributed by atoms with Gasteiger partial charge in [-0.25, -0.2) is 9.37 Å². The Kier molecular flexibility index (Phi) is 6.88. The fourth-order valence-corrected chi connectivity index (χ4v) is 4.73. The van der Waals surface area contributed by atoms with Crippen molar-refractivity contribution in [3.8, 4) is 5.69 Å². The molecular formula is C27H19ClFN3O3S. The second-order valence-electron chi connectivity index (χ2n) is 7.92. The molecule has 0 radical (unpaired) electrons. The van der Waals surface area contributed by atoms with E-state index in [1.54, 1.807) is 42.5 Å². The number of carbonyl (C=O) groups is 1. The minimum Gasteiger partial charge on any atom is -0.467 e. The molecule has 1 amide bonds. The molecule has 2 aromatic heterocycles. The molecule has 1 N–H and O–H groups in total. The van der Waals surface area contributed by atoms with Crippen LogP contribution in [0.4, 0.5) is 4.39 Å². The first-order chi connectivity index (χ1) is 17.5. The Labute approximate surface area is 214 Å². The summed E-state index contributed by atoms with van der Waals surface area (Å²) in [6, 6.07) is 21.3. The zero-order chi connectivity index (χ0) is 25.1. The second-order valence-corrected chi connectivity index (χ2v) is 9.30. The molecule has 0 bridgehead atoms. The van der Waals surface area contributed by atoms with Crippen LogP contribution in [0.5, 0.6) is 0 Å². The molecule has 2 heterocycles. The molecule has 36 heavy (non-hydrogen) atoms. The van der Waals surface area contributed by atoms with Crippen molar-refractivity contribution in [1.29, 1.82) is 0 Å². The number of nitrogens with one attached hydrogen (secondary N) is 1. The summed E-state index contributed by atoms with van der Waals surface area (Å²) in [7, 11) is 0. The second kappa shape index (κ2) is 10.4. The van der Waals surface area contributed by atoms with Gasteiger partial charge in [0.2, 0.25) is 0 Å². The maximum Gasteiger partial charge on any atom is 0.266 e. The van der Waals surface area contributed by atoms with Crippen molar-refractivity contribution in [2.45, 2.75) is 17.5 Å². The van der Waals surface area contributed by atoms with Gasteiger partial charge < -0.3 is 9.73 Å². The minimum absolute atomic E-state index is 0.242. The van der Waals surface area contributed by atoms with Crippen molar-refractivity contribution >= 4 is 40.2 Å². The Morgan fingerprint density at radius 2 is 1.83 bits per heavy atom. The normalized spacial score (nSPS) is 11.1. The van der Waals surface area contributed by atoms with Crippen LogP contribution in [0.2, 0.25) is 5.02 Å². The van der Waals surface area contributed by atoms with Gasteiger partial charge in [-0.05, 0) is 72.3 Å². The monoisotopic (exact) mass is 519 g/mol. The molecule has 5 aromatic rings. The summed E-state index contributed by atoms with van der Waals surface area (Å²) >= 11 is 7.35. The minimum atomic E-state index is -0.402. The summed E-state index contributed by atoms with van der Waals surface area (Å²) in [4.78, 5) is 31.0. The van der Waals surface area contributed by atoms with Crippen molar-refractivity contribution in [2.75, 3.05) is 0 Å². The molecule has 0 fully saturated rings. The Morgan fingerprint density at radius 3 is 2.56 bits per heavy atom. The van der Waals surface area contributed by atoms with E-state index < -0.39 is 5.82 Å². The fourth-order valence-electron chi connectivity index (χ4n) is 3.63. The number of carbonyl (C=O) groups excluding carboxylic acids is 1. The van der Waals surface area contributed by atoms with Crippen LogP contribution in [0.15, 0.2) is 99.5 Å². The first-order valence-electron chi connectivity index (χ1n) is 11.0. The summed E-state index contributed by atoms with van der Waals surface area (Å²) in [5.41, 5.74) is 1.94. The molecular weight excluding hydrogens is 501 g/mol. The number of halogens is 2. The lowest BCUT2D eigenvalue weighted by Crippen LogP contribution is -2.24. The molecule has 0 atom stereocenters. The average Bonchev–Trinajstić information content (AvgIpc) is 3.41. The highest BCUT2D eigenvalue weighted by Gasteiger charge is 2.16. The van der Waals surface area contributed by atoms with Gasteiger partial charge in [0, 0.05) is 16.3 Å². The number of amides is 1. The van der Waals surface area contributed by atoms with Gasteiger partial charge in [-0.15, -0.1) is 0 Å². The van der Waals surface area contributed by atoms with Gasteiger partial charge in [0.1, 0.15) is 11.6 Å². The zero-order valence-corrected chi connectivity index (χ0v) is 20.4. The first kappa shape index (κ1) is 23.8. The summed E-state index contributed by atoms with van der Waals surface area (Å²) in [6.45, 7) is 0.242. The van der Waals surface area contributed by atoms with Crippen LogP contribution in [0, 0.1) is 5.82 Å². The van der Waals surface area contributed by atoms with Crippen molar-refractivity contribution < 1.29 is 13.6 Å². The highest BCUT2D eigenvalue weighted by Crippen LogP contribution is 2.26. The Bertz CT molecular complexity index is 1580. The number of hydrogen-bond donors (Lipinski definition) is 1. The van der Waals surface area contributed by atoms with E-state index in [0.29, 0.717) is 43.8 Å². The molecule has 0 saturated carbocycles. The lowest BCUT2D eigenvalue weighted by molar-refractivity contribution is 0.0948. The van der Waals surface area contributed by atoms with Crippen LogP contribution in [-0.4, -0.2) is 15.5 Å². The van der Waals surface area contributed by atoms with Crippen molar-refractivity contribution in [3.63, 3.8) is 0 Å². The summed E-state index contributed by atoms with van der Waals surface area (Å²) in [5, 5.41) is 4.19. The van der Waals surface area contributed by atoms with Crippen LogP contribution in [0.1, 0.15) is 21.7 Å². The molecule has 0 aliphatic carbocycles. The number of nitrogens with zero attached hydrogens (tertiary/aromatic N) is 2. The molecule has 0 aliphatic rings. The number of benzene rings is 3. The van der Waals surface area contributed by atoms with E-state index in [-0.39, 0.29) is 18.0 Å². The lowest BCUT2D eigenvalue weighted by atomic mass is 10.1. The standard InChI is InChI=1S/C27H19ClFN3O3S/c28-19-6-3-17(4-7-19)16-36-27-31-24-14-18(25(33)30-15-22-2-1-13-35-22)5-12-23(24)26(34)32(27)21-10-8-20(29)9-11-21/h1-14H,15-16H2,(H,30,33). The predicted octanol–water partition coefficient (Wildman–Crippen LogP) is 5.99. The van der Waals surface area contributed by atoms with E-state index in [4.69, 9.17) is 21.0 Å². The molecule has 180 valence electrons. The number of fused-ring (bicyclic) bond motifs is 1. The third kappa shape index (κ3) is 5.19. The molecule has 0 aliphatic heterocycles. The Hall–Kier alpha value is -3.88. The van der Waals surface area contributed by atoms with Gasteiger partial charge in [0.05, 0.1) is 29.4 Å². The molecule has 6 nitrogen and oxygen atoms in total. The molecule has 3 aromatic carbocycles. The van der Waals surface area contributed by atoms with Crippen LogP contribution in [-0.2, 0) is 12.3 Å². The topological polar surface area (TPSA) is 77.1 Å². The highest BCUT2D eigenvalue weighted by molar-refractivity contribution is 7.98. The summed E-state index contributed by atoms with van der Waals surface area (Å²) < 4.78 is 20.3. The zero-order valence-electron chi connectivity index (χ0n) is 18.8. The molecule has 0 spiro atoms. The first-order valence-corrected chi connectivity index (χ1v) is 12.3. The van der Waals surface area contributed by atoms with Crippen molar-refractivity contribution in [2.24, 2.45) is 0 Å². The number of hydrogen-bond acceptors (Lipinski definition) is 5. The molecule has 5 rings (SSSR count). The van der Waals surface area contributed by atoms with E-state index in [9.17, 15) is 14.0 Å². The average molecular weight is 520 g/mol. The number of rotatable bonds is 7. The molecule has 9 heteroatoms. The van der Waals surface area contributed by atoms with Crippen molar-refractivity contribution in [3.05, 3.63) is 123 Å². The van der Waals surface area contributed by atoms with E-state index in [0.717, 1.165) is 5.56 Å². The summed E-state index contributed by atoms with van der Waals surface area (Å²) in [6.07, 6.45) is 1.54. The maximum absolute atomic E-state index is 13.6. The van der Waals surface area contributed by atoms with Gasteiger partial charge in [-0.3, -0.25) is 14.2 Å². The van der Waals surface area contributed by atoms with Gasteiger partial charge in [0.15, 0.2) is 5.16 Å². The summed E-state index contributed by atoms with van der Waals surface area (Å²) in [5.74, 6) is 0.444. The largest absolute Gasteiger partial charge is 0.467 e. The number of aromatic nitrogens is 2. The highest BCUT2D eigenvalue weighted by atomic mass is 35.5. The van der Waals surface area contributed by atoms with Crippen LogP contribution >= 0.6 is 23.4 Å². The SMILES string of the molecule is O=C(NCc1ccco1)c1ccc2c(=O)n(-c3ccc(F)cc3)c(SCc3ccc(Cl)cc3)nc2c1. The number of thioether (sulfide) groups is 1. The number of furan rings is 1. The van der Waals surface area contributed by atoms with Gasteiger partial charge in [0.25, 0.3) is 11.5 Å². The van der Waals surface area contributed by atoms with E-state index in [1.807, 2.05) is 12.1 Å². The maximum atomic E-state index is 13.6. The Morgan fingerprint density at radius 1 is 1.06 bits per heavy atom. The van der Waals surface area contributed by atoms with Gasteiger partial charge in [-0.1, -0.05) is 35.5 Å². The van der Waals surface area contributed by atoms with Crippen LogP contribution in [0.25, 0.3) is 16.6 Å². The lowest BCUT2D eigenvalue weighted by Gasteiger charge is -2.14. The molecule has 0 unspecified atom stereocenters. The van der Waals surface area contributed by atoms with E-state index in [1.165, 1.54) is 46.9 Å². The van der Waals surface area contributed by atoms with E-state index >= 15 is 0 Å². The third-order valence-electron chi connectivity index (χ3n) is 5.47. The quantitative estimate of drug-likeness (QED) is 0.211. The smallest absolute Gasteiger partial charge is 0.266 e. The van der Waals surface area contributed by atoms with Gasteiger partial charge >= 0.3 is 0 Å². The van der Waals surface area contributed by atoms with E-state index in [2.05, 4.69) is 5.32 Å². The third-order valence-corrected chi connectivity index (χ3v) is 6.73. The molecule has 0 saturated heterocycles. The Balaban J connectivity index is 1.52. The van der Waals surface area contributed by atoms with Crippen molar-refractivity contribution in [1.82, 2.24) is 14.9 Å². The fraction of sp³-hybridized carbons (Fsp3) is 0.0741. The van der Waals surface area contributed by atoms with Crippen LogP contribution in [0.3, 0.4) is 0 Å². The van der Waals surface area contributed by atoms with Crippen LogP contribution < -0.4 is 10.9 Å². The predicted molar refractivity (Wildman–Crippen MR) is 138 cm³/mol. The van der Waals surface area contributed by atoms with Gasteiger partial charge in [-0.2, -0.15) is 0 Å².